The monoisotopic (exact) mass is 269 g/mol. The van der Waals surface area contributed by atoms with E-state index in [1.807, 2.05) is 20.8 Å². The van der Waals surface area contributed by atoms with Crippen LogP contribution in [0.1, 0.15) is 53.9 Å². The van der Waals surface area contributed by atoms with Gasteiger partial charge in [0.25, 0.3) is 0 Å². The van der Waals surface area contributed by atoms with Crippen molar-refractivity contribution in [3.63, 3.8) is 0 Å². The summed E-state index contributed by atoms with van der Waals surface area (Å²) in [6, 6.07) is 2.09. The van der Waals surface area contributed by atoms with Crippen molar-refractivity contribution in [1.82, 2.24) is 0 Å². The van der Waals surface area contributed by atoms with Gasteiger partial charge in [-0.25, -0.2) is 0 Å². The highest BCUT2D eigenvalue weighted by Gasteiger charge is 2.36. The molecule has 1 saturated heterocycles. The normalized spacial score (nSPS) is 26.5. The Morgan fingerprint density at radius 3 is 2.47 bits per heavy atom. The summed E-state index contributed by atoms with van der Waals surface area (Å²) in [6.45, 7) is 9.08. The summed E-state index contributed by atoms with van der Waals surface area (Å²) in [5, 5.41) is 8.75. The quantitative estimate of drug-likeness (QED) is 0.736. The number of carbonyl (C=O) groups is 1. The number of hydrogen-bond acceptors (Lipinski definition) is 5. The molecule has 1 fully saturated rings. The number of rotatable bonds is 3. The molecule has 0 unspecified atom stereocenters. The molecule has 5 heteroatoms. The molecular weight excluding hydrogens is 246 g/mol. The molecule has 19 heavy (non-hydrogen) atoms. The standard InChI is InChI=1S/C14H23NO4/c1-13(2,3)19-12(16)9-11-8-10(6-7-15)17-14(4,5)18-11/h10-11H,6,8-9H2,1-5H3/t10-,11+/m0/s1. The Bertz CT molecular complexity index is 365. The van der Waals surface area contributed by atoms with E-state index < -0.39 is 11.4 Å². The van der Waals surface area contributed by atoms with Crippen LogP contribution in [0.4, 0.5) is 0 Å². The zero-order valence-electron chi connectivity index (χ0n) is 12.4. The van der Waals surface area contributed by atoms with Gasteiger partial charge in [-0.1, -0.05) is 0 Å². The number of ether oxygens (including phenoxy) is 3. The lowest BCUT2D eigenvalue weighted by atomic mass is 10.0. The molecule has 5 nitrogen and oxygen atoms in total. The molecule has 0 spiro atoms. The van der Waals surface area contributed by atoms with Crippen LogP contribution in [0.5, 0.6) is 0 Å². The number of nitriles is 1. The SMILES string of the molecule is CC(C)(C)OC(=O)C[C@H]1C[C@H](CC#N)OC(C)(C)O1. The van der Waals surface area contributed by atoms with Crippen molar-refractivity contribution in [1.29, 1.82) is 5.26 Å². The third kappa shape index (κ3) is 6.04. The van der Waals surface area contributed by atoms with Crippen LogP contribution in [0, 0.1) is 11.3 Å². The molecule has 1 aliphatic heterocycles. The van der Waals surface area contributed by atoms with Crippen molar-refractivity contribution >= 4 is 5.97 Å². The van der Waals surface area contributed by atoms with Crippen molar-refractivity contribution in [3.05, 3.63) is 0 Å². The number of esters is 1. The summed E-state index contributed by atoms with van der Waals surface area (Å²) in [5.41, 5.74) is -0.496. The van der Waals surface area contributed by atoms with Crippen molar-refractivity contribution in [3.8, 4) is 6.07 Å². The van der Waals surface area contributed by atoms with Crippen LogP contribution < -0.4 is 0 Å². The minimum atomic E-state index is -0.771. The van der Waals surface area contributed by atoms with Crippen LogP contribution in [-0.4, -0.2) is 29.6 Å². The molecule has 0 saturated carbocycles. The smallest absolute Gasteiger partial charge is 0.308 e. The minimum absolute atomic E-state index is 0.186. The van der Waals surface area contributed by atoms with Gasteiger partial charge < -0.3 is 14.2 Å². The zero-order valence-corrected chi connectivity index (χ0v) is 12.4. The molecule has 1 aliphatic rings. The van der Waals surface area contributed by atoms with Crippen LogP contribution in [-0.2, 0) is 19.0 Å². The summed E-state index contributed by atoms with van der Waals surface area (Å²) in [7, 11) is 0. The minimum Gasteiger partial charge on any atom is -0.460 e. The van der Waals surface area contributed by atoms with Gasteiger partial charge in [0.05, 0.1) is 31.1 Å². The van der Waals surface area contributed by atoms with Crippen LogP contribution in [0.15, 0.2) is 0 Å². The molecule has 0 aromatic carbocycles. The Balaban J connectivity index is 2.57. The van der Waals surface area contributed by atoms with E-state index in [1.165, 1.54) is 0 Å². The van der Waals surface area contributed by atoms with Crippen LogP contribution in [0.2, 0.25) is 0 Å². The molecule has 0 aliphatic carbocycles. The highest BCUT2D eigenvalue weighted by Crippen LogP contribution is 2.30. The summed E-state index contributed by atoms with van der Waals surface area (Å²) < 4.78 is 16.6. The first-order chi connectivity index (χ1) is 8.61. The van der Waals surface area contributed by atoms with E-state index in [1.54, 1.807) is 13.8 Å². The molecule has 1 heterocycles. The van der Waals surface area contributed by atoms with E-state index in [0.29, 0.717) is 12.8 Å². The molecule has 0 bridgehead atoms. The van der Waals surface area contributed by atoms with E-state index in [2.05, 4.69) is 6.07 Å². The van der Waals surface area contributed by atoms with Gasteiger partial charge in [-0.3, -0.25) is 4.79 Å². The molecule has 0 amide bonds. The van der Waals surface area contributed by atoms with E-state index in [4.69, 9.17) is 19.5 Å². The first-order valence-corrected chi connectivity index (χ1v) is 6.56. The molecule has 108 valence electrons. The molecule has 0 N–H and O–H groups in total. The molecule has 0 aromatic heterocycles. The second kappa shape index (κ2) is 5.89. The maximum atomic E-state index is 11.8. The van der Waals surface area contributed by atoms with E-state index in [9.17, 15) is 4.79 Å². The lowest BCUT2D eigenvalue weighted by molar-refractivity contribution is -0.298. The lowest BCUT2D eigenvalue weighted by Crippen LogP contribution is -2.45. The largest absolute Gasteiger partial charge is 0.460 e. The fraction of sp³-hybridized carbons (Fsp3) is 0.857. The fourth-order valence-electron chi connectivity index (χ4n) is 2.14. The maximum absolute atomic E-state index is 11.8. The third-order valence-corrected chi connectivity index (χ3v) is 2.56. The van der Waals surface area contributed by atoms with Gasteiger partial charge in [0.1, 0.15) is 5.60 Å². The Hall–Kier alpha value is -1.12. The third-order valence-electron chi connectivity index (χ3n) is 2.56. The fourth-order valence-corrected chi connectivity index (χ4v) is 2.14. The second-order valence-electron chi connectivity index (χ2n) is 6.27. The number of nitrogens with zero attached hydrogens (tertiary/aromatic N) is 1. The zero-order chi connectivity index (χ0) is 14.7. The van der Waals surface area contributed by atoms with Crippen LogP contribution in [0.3, 0.4) is 0 Å². The number of carbonyl (C=O) groups excluding carboxylic acids is 1. The summed E-state index contributed by atoms with van der Waals surface area (Å²) in [4.78, 5) is 11.8. The van der Waals surface area contributed by atoms with Gasteiger partial charge >= 0.3 is 5.97 Å². The van der Waals surface area contributed by atoms with Gasteiger partial charge in [-0.2, -0.15) is 5.26 Å². The average molecular weight is 269 g/mol. The molecule has 2 atom stereocenters. The highest BCUT2D eigenvalue weighted by molar-refractivity contribution is 5.70. The average Bonchev–Trinajstić information content (AvgIpc) is 2.10. The van der Waals surface area contributed by atoms with E-state index >= 15 is 0 Å². The molecular formula is C14H23NO4. The Labute approximate surface area is 114 Å². The summed E-state index contributed by atoms with van der Waals surface area (Å²) in [6.07, 6.45) is 0.568. The lowest BCUT2D eigenvalue weighted by Gasteiger charge is -2.40. The first-order valence-electron chi connectivity index (χ1n) is 6.56. The predicted molar refractivity (Wildman–Crippen MR) is 69.1 cm³/mol. The number of hydrogen-bond donors (Lipinski definition) is 0. The summed E-state index contributed by atoms with van der Waals surface area (Å²) in [5.74, 6) is -1.06. The van der Waals surface area contributed by atoms with E-state index in [0.717, 1.165) is 0 Å². The first kappa shape index (κ1) is 15.9. The van der Waals surface area contributed by atoms with Crippen molar-refractivity contribution < 1.29 is 19.0 Å². The Kier molecular flexibility index (Phi) is 4.94. The van der Waals surface area contributed by atoms with E-state index in [-0.39, 0.29) is 24.6 Å². The van der Waals surface area contributed by atoms with Crippen LogP contribution >= 0.6 is 0 Å². The summed E-state index contributed by atoms with van der Waals surface area (Å²) >= 11 is 0. The van der Waals surface area contributed by atoms with Gasteiger partial charge in [0.15, 0.2) is 5.79 Å². The topological polar surface area (TPSA) is 68.6 Å². The van der Waals surface area contributed by atoms with Gasteiger partial charge in [0.2, 0.25) is 0 Å². The van der Waals surface area contributed by atoms with Crippen molar-refractivity contribution in [2.45, 2.75) is 77.5 Å². The van der Waals surface area contributed by atoms with Gasteiger partial charge in [-0.15, -0.1) is 0 Å². The highest BCUT2D eigenvalue weighted by atomic mass is 16.7. The maximum Gasteiger partial charge on any atom is 0.308 e. The molecule has 1 rings (SSSR count). The predicted octanol–water partition coefficient (Wildman–Crippen LogP) is 2.54. The van der Waals surface area contributed by atoms with Crippen LogP contribution in [0.25, 0.3) is 0 Å². The van der Waals surface area contributed by atoms with Crippen molar-refractivity contribution in [2.75, 3.05) is 0 Å². The Morgan fingerprint density at radius 2 is 1.95 bits per heavy atom. The van der Waals surface area contributed by atoms with Gasteiger partial charge in [-0.05, 0) is 34.6 Å². The van der Waals surface area contributed by atoms with Crippen molar-refractivity contribution in [2.24, 2.45) is 0 Å². The molecule has 0 radical (unpaired) electrons. The second-order valence-corrected chi connectivity index (χ2v) is 6.27. The van der Waals surface area contributed by atoms with Gasteiger partial charge in [0, 0.05) is 6.42 Å². The molecule has 0 aromatic rings. The Morgan fingerprint density at radius 1 is 1.37 bits per heavy atom.